The van der Waals surface area contributed by atoms with Crippen LogP contribution in [0.5, 0.6) is 0 Å². The normalized spacial score (nSPS) is 10.9. The Bertz CT molecular complexity index is 757. The number of rotatable bonds is 2. The number of anilines is 2. The Morgan fingerprint density at radius 3 is 2.74 bits per heavy atom. The molecule has 96 valence electrons. The fourth-order valence-corrected chi connectivity index (χ4v) is 3.62. The van der Waals surface area contributed by atoms with Gasteiger partial charge in [-0.25, -0.2) is 4.98 Å². The summed E-state index contributed by atoms with van der Waals surface area (Å²) in [5.41, 5.74) is 1.81. The number of hydrogen-bond donors (Lipinski definition) is 1. The maximum absolute atomic E-state index is 6.14. The molecule has 3 rings (SSSR count). The van der Waals surface area contributed by atoms with Gasteiger partial charge in [-0.3, -0.25) is 0 Å². The summed E-state index contributed by atoms with van der Waals surface area (Å²) < 4.78 is 1.88. The number of hydrogen-bond acceptors (Lipinski definition) is 3. The Balaban J connectivity index is 1.99. The predicted octanol–water partition coefficient (Wildman–Crippen LogP) is 6.11. The number of aromatic nitrogens is 1. The molecule has 1 heterocycles. The van der Waals surface area contributed by atoms with Gasteiger partial charge < -0.3 is 5.32 Å². The van der Waals surface area contributed by atoms with E-state index in [9.17, 15) is 0 Å². The molecule has 19 heavy (non-hydrogen) atoms. The maximum atomic E-state index is 6.14. The van der Waals surface area contributed by atoms with Crippen molar-refractivity contribution in [3.63, 3.8) is 0 Å². The molecule has 0 aliphatic rings. The zero-order chi connectivity index (χ0) is 13.4. The SMILES string of the molecule is Clc1ccc(Nc2nc3cccc(Cl)c3s2)c(Br)c1. The summed E-state index contributed by atoms with van der Waals surface area (Å²) in [5, 5.41) is 5.46. The Labute approximate surface area is 132 Å². The molecule has 0 amide bonds. The van der Waals surface area contributed by atoms with Gasteiger partial charge in [-0.2, -0.15) is 0 Å². The molecule has 0 aliphatic carbocycles. The van der Waals surface area contributed by atoms with Crippen LogP contribution in [0.1, 0.15) is 0 Å². The van der Waals surface area contributed by atoms with Gasteiger partial charge in [-0.15, -0.1) is 0 Å². The van der Waals surface area contributed by atoms with Gasteiger partial charge in [0, 0.05) is 9.50 Å². The zero-order valence-corrected chi connectivity index (χ0v) is 13.4. The van der Waals surface area contributed by atoms with Crippen LogP contribution in [0, 0.1) is 0 Å². The van der Waals surface area contributed by atoms with E-state index in [1.165, 1.54) is 11.3 Å². The molecule has 0 radical (unpaired) electrons. The van der Waals surface area contributed by atoms with Crippen LogP contribution in [0.2, 0.25) is 10.0 Å². The van der Waals surface area contributed by atoms with Crippen molar-refractivity contribution >= 4 is 71.5 Å². The van der Waals surface area contributed by atoms with Crippen LogP contribution in [0.25, 0.3) is 10.2 Å². The molecule has 6 heteroatoms. The molecule has 2 nitrogen and oxygen atoms in total. The quantitative estimate of drug-likeness (QED) is 0.586. The summed E-state index contributed by atoms with van der Waals surface area (Å²) >= 11 is 17.0. The van der Waals surface area contributed by atoms with Crippen LogP contribution in [0.4, 0.5) is 10.8 Å². The molecule has 0 saturated carbocycles. The first-order valence-electron chi connectivity index (χ1n) is 5.40. The van der Waals surface area contributed by atoms with Gasteiger partial charge in [0.15, 0.2) is 5.13 Å². The van der Waals surface area contributed by atoms with Crippen LogP contribution in [-0.2, 0) is 0 Å². The van der Waals surface area contributed by atoms with Gasteiger partial charge in [0.25, 0.3) is 0 Å². The zero-order valence-electron chi connectivity index (χ0n) is 9.45. The lowest BCUT2D eigenvalue weighted by atomic mass is 10.3. The third kappa shape index (κ3) is 2.72. The third-order valence-corrected chi connectivity index (χ3v) is 4.88. The number of benzene rings is 2. The van der Waals surface area contributed by atoms with Crippen LogP contribution >= 0.6 is 50.5 Å². The van der Waals surface area contributed by atoms with Crippen LogP contribution in [0.3, 0.4) is 0 Å². The Hall–Kier alpha value is -0.810. The molecule has 0 spiro atoms. The molecule has 0 aliphatic heterocycles. The first kappa shape index (κ1) is 13.2. The summed E-state index contributed by atoms with van der Waals surface area (Å²) in [7, 11) is 0. The van der Waals surface area contributed by atoms with Crippen LogP contribution in [0.15, 0.2) is 40.9 Å². The van der Waals surface area contributed by atoms with Crippen molar-refractivity contribution in [1.82, 2.24) is 4.98 Å². The highest BCUT2D eigenvalue weighted by molar-refractivity contribution is 9.10. The Morgan fingerprint density at radius 2 is 2.00 bits per heavy atom. The minimum absolute atomic E-state index is 0.685. The molecular weight excluding hydrogens is 367 g/mol. The lowest BCUT2D eigenvalue weighted by molar-refractivity contribution is 1.43. The minimum Gasteiger partial charge on any atom is -0.331 e. The molecule has 1 N–H and O–H groups in total. The van der Waals surface area contributed by atoms with E-state index >= 15 is 0 Å². The van der Waals surface area contributed by atoms with Crippen molar-refractivity contribution < 1.29 is 0 Å². The highest BCUT2D eigenvalue weighted by Gasteiger charge is 2.08. The fourth-order valence-electron chi connectivity index (χ4n) is 1.67. The second-order valence-corrected chi connectivity index (χ2v) is 6.55. The fraction of sp³-hybridized carbons (Fsp3) is 0. The van der Waals surface area contributed by atoms with Crippen molar-refractivity contribution in [2.75, 3.05) is 5.32 Å². The average Bonchev–Trinajstić information content (AvgIpc) is 2.77. The van der Waals surface area contributed by atoms with Crippen molar-refractivity contribution in [2.45, 2.75) is 0 Å². The number of nitrogens with zero attached hydrogens (tertiary/aromatic N) is 1. The molecule has 0 bridgehead atoms. The highest BCUT2D eigenvalue weighted by Crippen LogP contribution is 2.35. The second kappa shape index (κ2) is 5.29. The smallest absolute Gasteiger partial charge is 0.188 e. The van der Waals surface area contributed by atoms with Gasteiger partial charge in [0.2, 0.25) is 0 Å². The van der Waals surface area contributed by atoms with E-state index < -0.39 is 0 Å². The molecule has 3 aromatic rings. The van der Waals surface area contributed by atoms with Crippen LogP contribution < -0.4 is 5.32 Å². The Morgan fingerprint density at radius 1 is 1.16 bits per heavy atom. The summed E-state index contributed by atoms with van der Waals surface area (Å²) in [6.07, 6.45) is 0. The molecule has 0 unspecified atom stereocenters. The summed E-state index contributed by atoms with van der Waals surface area (Å²) in [6, 6.07) is 11.3. The lowest BCUT2D eigenvalue weighted by Crippen LogP contribution is -1.89. The molecule has 0 fully saturated rings. The van der Waals surface area contributed by atoms with Gasteiger partial charge in [0.1, 0.15) is 0 Å². The lowest BCUT2D eigenvalue weighted by Gasteiger charge is -2.05. The predicted molar refractivity (Wildman–Crippen MR) is 87.1 cm³/mol. The van der Waals surface area contributed by atoms with Gasteiger partial charge in [-0.1, -0.05) is 40.6 Å². The van der Waals surface area contributed by atoms with Crippen LogP contribution in [-0.4, -0.2) is 4.98 Å². The molecular formula is C13H7BrCl2N2S. The highest BCUT2D eigenvalue weighted by atomic mass is 79.9. The van der Waals surface area contributed by atoms with E-state index in [-0.39, 0.29) is 0 Å². The van der Waals surface area contributed by atoms with Crippen molar-refractivity contribution in [1.29, 1.82) is 0 Å². The van der Waals surface area contributed by atoms with E-state index in [1.807, 2.05) is 36.4 Å². The average molecular weight is 374 g/mol. The van der Waals surface area contributed by atoms with Crippen molar-refractivity contribution in [2.24, 2.45) is 0 Å². The summed E-state index contributed by atoms with van der Waals surface area (Å²) in [6.45, 7) is 0. The number of halogens is 3. The van der Waals surface area contributed by atoms with Gasteiger partial charge in [0.05, 0.1) is 20.9 Å². The Kier molecular flexibility index (Phi) is 3.67. The van der Waals surface area contributed by atoms with E-state index in [4.69, 9.17) is 23.2 Å². The summed E-state index contributed by atoms with van der Waals surface area (Å²) in [5.74, 6) is 0. The van der Waals surface area contributed by atoms with E-state index in [0.717, 1.165) is 30.5 Å². The first-order chi connectivity index (χ1) is 9.13. The maximum Gasteiger partial charge on any atom is 0.188 e. The molecule has 0 saturated heterocycles. The van der Waals surface area contributed by atoms with Gasteiger partial charge in [-0.05, 0) is 46.3 Å². The largest absolute Gasteiger partial charge is 0.331 e. The van der Waals surface area contributed by atoms with Crippen molar-refractivity contribution in [3.8, 4) is 0 Å². The van der Waals surface area contributed by atoms with E-state index in [2.05, 4.69) is 26.2 Å². The number of nitrogens with one attached hydrogen (secondary N) is 1. The molecule has 1 aromatic heterocycles. The minimum atomic E-state index is 0.685. The standard InChI is InChI=1S/C13H7BrCl2N2S/c14-8-6-7(15)4-5-10(8)17-13-18-11-3-1-2-9(16)12(11)19-13/h1-6H,(H,17,18). The van der Waals surface area contributed by atoms with E-state index in [0.29, 0.717) is 5.02 Å². The summed E-state index contributed by atoms with van der Waals surface area (Å²) in [4.78, 5) is 4.50. The number of thiazole rings is 1. The molecule has 0 atom stereocenters. The second-order valence-electron chi connectivity index (χ2n) is 3.86. The monoisotopic (exact) mass is 372 g/mol. The van der Waals surface area contributed by atoms with E-state index in [1.54, 1.807) is 0 Å². The van der Waals surface area contributed by atoms with Gasteiger partial charge >= 0.3 is 0 Å². The first-order valence-corrected chi connectivity index (χ1v) is 7.77. The topological polar surface area (TPSA) is 24.9 Å². The molecule has 2 aromatic carbocycles. The van der Waals surface area contributed by atoms with Crippen molar-refractivity contribution in [3.05, 3.63) is 50.9 Å². The third-order valence-electron chi connectivity index (χ3n) is 2.54. The number of fused-ring (bicyclic) bond motifs is 1.